The molecule has 0 bridgehead atoms. The van der Waals surface area contributed by atoms with Gasteiger partial charge in [0.05, 0.1) is 0 Å². The molecule has 1 aromatic rings. The van der Waals surface area contributed by atoms with E-state index in [0.717, 1.165) is 12.1 Å². The number of amides is 1. The Kier molecular flexibility index (Phi) is 6.10. The molecule has 1 fully saturated rings. The fourth-order valence-corrected chi connectivity index (χ4v) is 2.19. The van der Waals surface area contributed by atoms with Crippen molar-refractivity contribution in [1.29, 1.82) is 0 Å². The van der Waals surface area contributed by atoms with E-state index in [1.54, 1.807) is 12.1 Å². The molecule has 7 nitrogen and oxygen atoms in total. The molecule has 2 atom stereocenters. The first kappa shape index (κ1) is 17.0. The summed E-state index contributed by atoms with van der Waals surface area (Å²) < 4.78 is 10.3. The van der Waals surface area contributed by atoms with Gasteiger partial charge >= 0.3 is 11.9 Å². The van der Waals surface area contributed by atoms with Crippen LogP contribution in [-0.4, -0.2) is 43.1 Å². The van der Waals surface area contributed by atoms with E-state index in [0.29, 0.717) is 13.0 Å². The first-order valence-electron chi connectivity index (χ1n) is 7.45. The van der Waals surface area contributed by atoms with Crippen LogP contribution in [0.25, 0.3) is 0 Å². The Labute approximate surface area is 134 Å². The van der Waals surface area contributed by atoms with Crippen molar-refractivity contribution in [2.75, 3.05) is 13.1 Å². The number of hydrogen-bond donors (Lipinski definition) is 2. The van der Waals surface area contributed by atoms with E-state index in [2.05, 4.69) is 10.6 Å². The van der Waals surface area contributed by atoms with Gasteiger partial charge in [-0.3, -0.25) is 4.79 Å². The Morgan fingerprint density at radius 1 is 1.26 bits per heavy atom. The fraction of sp³-hybridized carbons (Fsp3) is 0.438. The zero-order valence-electron chi connectivity index (χ0n) is 12.9. The minimum Gasteiger partial charge on any atom is -0.459 e. The highest BCUT2D eigenvalue weighted by Crippen LogP contribution is 2.07. The monoisotopic (exact) mass is 320 g/mol. The average Bonchev–Trinajstić information content (AvgIpc) is 3.04. The van der Waals surface area contributed by atoms with Gasteiger partial charge in [0.2, 0.25) is 11.9 Å². The highest BCUT2D eigenvalue weighted by Gasteiger charge is 2.33. The van der Waals surface area contributed by atoms with Crippen molar-refractivity contribution in [1.82, 2.24) is 10.6 Å². The molecule has 1 aromatic carbocycles. The Morgan fingerprint density at radius 2 is 2.00 bits per heavy atom. The van der Waals surface area contributed by atoms with E-state index < -0.39 is 23.9 Å². The van der Waals surface area contributed by atoms with Crippen LogP contribution in [0.15, 0.2) is 30.3 Å². The van der Waals surface area contributed by atoms with Crippen LogP contribution < -0.4 is 10.6 Å². The predicted molar refractivity (Wildman–Crippen MR) is 81.2 cm³/mol. The molecule has 7 heteroatoms. The smallest absolute Gasteiger partial charge is 0.340 e. The van der Waals surface area contributed by atoms with E-state index in [9.17, 15) is 14.4 Å². The molecule has 0 aliphatic carbocycles. The molecule has 1 heterocycles. The van der Waals surface area contributed by atoms with E-state index in [1.807, 2.05) is 18.2 Å². The summed E-state index contributed by atoms with van der Waals surface area (Å²) in [6.07, 6.45) is 0.387. The topological polar surface area (TPSA) is 93.7 Å². The van der Waals surface area contributed by atoms with Crippen molar-refractivity contribution in [3.63, 3.8) is 0 Å². The maximum Gasteiger partial charge on any atom is 0.340 e. The highest BCUT2D eigenvalue weighted by atomic mass is 16.6. The molecule has 1 aliphatic rings. The molecule has 2 N–H and O–H groups in total. The predicted octanol–water partition coefficient (Wildman–Crippen LogP) is 0.140. The van der Waals surface area contributed by atoms with Gasteiger partial charge < -0.3 is 20.1 Å². The van der Waals surface area contributed by atoms with Gasteiger partial charge in [0, 0.05) is 13.5 Å². The lowest BCUT2D eigenvalue weighted by Crippen LogP contribution is -2.48. The van der Waals surface area contributed by atoms with Gasteiger partial charge in [-0.15, -0.1) is 0 Å². The van der Waals surface area contributed by atoms with Gasteiger partial charge in [0.1, 0.15) is 12.7 Å². The lowest BCUT2D eigenvalue weighted by Gasteiger charge is -2.18. The summed E-state index contributed by atoms with van der Waals surface area (Å²) >= 11 is 0. The standard InChI is InChI=1S/C16H20N2O5/c1-11(19)18-14(16(21)23-13-7-8-17-9-13)15(20)22-10-12-5-3-2-4-6-12/h2-6,13-14,17H,7-10H2,1H3,(H,18,19). The van der Waals surface area contributed by atoms with Crippen LogP contribution in [0, 0.1) is 0 Å². The number of hydrogen-bond acceptors (Lipinski definition) is 6. The maximum atomic E-state index is 12.1. The minimum absolute atomic E-state index is 0.0218. The molecule has 1 saturated heterocycles. The summed E-state index contributed by atoms with van der Waals surface area (Å²) in [5.41, 5.74) is 0.788. The minimum atomic E-state index is -1.45. The van der Waals surface area contributed by atoms with Crippen molar-refractivity contribution < 1.29 is 23.9 Å². The molecule has 0 spiro atoms. The molecular weight excluding hydrogens is 300 g/mol. The summed E-state index contributed by atoms with van der Waals surface area (Å²) in [5, 5.41) is 5.33. The number of carbonyl (C=O) groups excluding carboxylic acids is 3. The second kappa shape index (κ2) is 8.28. The largest absolute Gasteiger partial charge is 0.459 e. The maximum absolute atomic E-state index is 12.1. The van der Waals surface area contributed by atoms with Gasteiger partial charge in [0.25, 0.3) is 0 Å². The number of nitrogens with one attached hydrogen (secondary N) is 2. The fourth-order valence-electron chi connectivity index (χ4n) is 2.19. The van der Waals surface area contributed by atoms with Crippen LogP contribution in [0.2, 0.25) is 0 Å². The zero-order chi connectivity index (χ0) is 16.7. The Morgan fingerprint density at radius 3 is 2.61 bits per heavy atom. The number of rotatable bonds is 6. The second-order valence-corrected chi connectivity index (χ2v) is 5.28. The van der Waals surface area contributed by atoms with Gasteiger partial charge in [-0.1, -0.05) is 30.3 Å². The summed E-state index contributed by atoms with van der Waals surface area (Å²) in [5.74, 6) is -2.14. The van der Waals surface area contributed by atoms with Gasteiger partial charge in [-0.2, -0.15) is 0 Å². The van der Waals surface area contributed by atoms with Crippen LogP contribution in [0.4, 0.5) is 0 Å². The number of ether oxygens (including phenoxy) is 2. The molecule has 1 aliphatic heterocycles. The normalized spacial score (nSPS) is 18.0. The molecule has 0 aromatic heterocycles. The quantitative estimate of drug-likeness (QED) is 0.572. The molecular formula is C16H20N2O5. The molecule has 2 unspecified atom stereocenters. The molecule has 23 heavy (non-hydrogen) atoms. The first-order valence-corrected chi connectivity index (χ1v) is 7.45. The summed E-state index contributed by atoms with van der Waals surface area (Å²) in [4.78, 5) is 35.5. The lowest BCUT2D eigenvalue weighted by atomic mass is 10.2. The van der Waals surface area contributed by atoms with Crippen LogP contribution in [-0.2, 0) is 30.5 Å². The molecule has 0 saturated carbocycles. The van der Waals surface area contributed by atoms with Crippen molar-refractivity contribution in [3.05, 3.63) is 35.9 Å². The summed E-state index contributed by atoms with van der Waals surface area (Å²) in [7, 11) is 0. The van der Waals surface area contributed by atoms with Crippen LogP contribution in [0.5, 0.6) is 0 Å². The van der Waals surface area contributed by atoms with Crippen molar-refractivity contribution >= 4 is 17.8 Å². The molecule has 1 amide bonds. The SMILES string of the molecule is CC(=O)NC(C(=O)OCc1ccccc1)C(=O)OC1CCNC1. The molecule has 124 valence electrons. The second-order valence-electron chi connectivity index (χ2n) is 5.28. The number of benzene rings is 1. The van der Waals surface area contributed by atoms with Crippen molar-refractivity contribution in [2.24, 2.45) is 0 Å². The molecule has 0 radical (unpaired) electrons. The van der Waals surface area contributed by atoms with Crippen LogP contribution in [0.3, 0.4) is 0 Å². The Hall–Kier alpha value is -2.41. The van der Waals surface area contributed by atoms with Crippen LogP contribution in [0.1, 0.15) is 18.9 Å². The van der Waals surface area contributed by atoms with Gasteiger partial charge in [0.15, 0.2) is 0 Å². The Bertz CT molecular complexity index is 555. The first-order chi connectivity index (χ1) is 11.1. The average molecular weight is 320 g/mol. The third-order valence-electron chi connectivity index (χ3n) is 3.34. The summed E-state index contributed by atoms with van der Waals surface area (Å²) in [6, 6.07) is 7.62. The summed E-state index contributed by atoms with van der Waals surface area (Å²) in [6.45, 7) is 2.54. The van der Waals surface area contributed by atoms with Crippen LogP contribution >= 0.6 is 0 Å². The van der Waals surface area contributed by atoms with E-state index in [4.69, 9.17) is 9.47 Å². The number of carbonyl (C=O) groups is 3. The highest BCUT2D eigenvalue weighted by molar-refractivity contribution is 6.02. The van der Waals surface area contributed by atoms with E-state index in [1.165, 1.54) is 6.92 Å². The van der Waals surface area contributed by atoms with E-state index in [-0.39, 0.29) is 12.7 Å². The van der Waals surface area contributed by atoms with Gasteiger partial charge in [-0.25, -0.2) is 9.59 Å². The third kappa shape index (κ3) is 5.37. The molecule has 2 rings (SSSR count). The Balaban J connectivity index is 1.93. The third-order valence-corrected chi connectivity index (χ3v) is 3.34. The lowest BCUT2D eigenvalue weighted by molar-refractivity contribution is -0.163. The number of esters is 2. The van der Waals surface area contributed by atoms with Gasteiger partial charge in [-0.05, 0) is 18.5 Å². The zero-order valence-corrected chi connectivity index (χ0v) is 12.9. The van der Waals surface area contributed by atoms with E-state index >= 15 is 0 Å². The van der Waals surface area contributed by atoms with Crippen molar-refractivity contribution in [2.45, 2.75) is 32.1 Å². The van der Waals surface area contributed by atoms with Crippen molar-refractivity contribution in [3.8, 4) is 0 Å².